The van der Waals surface area contributed by atoms with Crippen LogP contribution in [0.3, 0.4) is 0 Å². The smallest absolute Gasteiger partial charge is 0.309 e. The number of aromatic nitrogens is 5. The van der Waals surface area contributed by atoms with Crippen molar-refractivity contribution in [2.45, 2.75) is 49.6 Å². The summed E-state index contributed by atoms with van der Waals surface area (Å²) < 4.78 is 1.41. The second-order valence-electron chi connectivity index (χ2n) is 7.94. The number of rotatable bonds is 9. The lowest BCUT2D eigenvalue weighted by molar-refractivity contribution is -0.145. The van der Waals surface area contributed by atoms with Crippen molar-refractivity contribution in [2.24, 2.45) is 5.92 Å². The highest BCUT2D eigenvalue weighted by Gasteiger charge is 2.47. The van der Waals surface area contributed by atoms with Gasteiger partial charge < -0.3 is 20.6 Å². The maximum Gasteiger partial charge on any atom is 0.309 e. The predicted octanol–water partition coefficient (Wildman–Crippen LogP) is 2.40. The van der Waals surface area contributed by atoms with Gasteiger partial charge >= 0.3 is 5.97 Å². The van der Waals surface area contributed by atoms with Crippen LogP contribution in [0.2, 0.25) is 5.02 Å². The van der Waals surface area contributed by atoms with Gasteiger partial charge in [0.2, 0.25) is 0 Å². The summed E-state index contributed by atoms with van der Waals surface area (Å²) in [6.45, 7) is 2.65. The molecule has 0 saturated heterocycles. The van der Waals surface area contributed by atoms with Crippen molar-refractivity contribution in [3.05, 3.63) is 34.9 Å². The molecule has 33 heavy (non-hydrogen) atoms. The van der Waals surface area contributed by atoms with Crippen LogP contribution in [0, 0.1) is 5.92 Å². The molecule has 4 N–H and O–H groups in total. The highest BCUT2D eigenvalue weighted by Crippen LogP contribution is 2.37. The number of aliphatic carboxylic acids is 1. The van der Waals surface area contributed by atoms with Crippen molar-refractivity contribution >= 4 is 46.3 Å². The molecule has 0 radical (unpaired) electrons. The summed E-state index contributed by atoms with van der Waals surface area (Å²) in [5, 5.41) is 42.9. The molecule has 1 aliphatic carbocycles. The maximum absolute atomic E-state index is 11.5. The molecular formula is C21H25ClN6O4S. The number of hydrogen-bond acceptors (Lipinski definition) is 9. The van der Waals surface area contributed by atoms with Gasteiger partial charge in [0, 0.05) is 17.3 Å². The summed E-state index contributed by atoms with van der Waals surface area (Å²) in [5.41, 5.74) is 1.93. The third-order valence-corrected chi connectivity index (χ3v) is 6.95. The molecule has 12 heteroatoms. The van der Waals surface area contributed by atoms with Crippen molar-refractivity contribution in [2.75, 3.05) is 17.6 Å². The quantitative estimate of drug-likeness (QED) is 0.259. The first kappa shape index (κ1) is 23.7. The first-order valence-electron chi connectivity index (χ1n) is 10.7. The minimum atomic E-state index is -1.39. The number of carboxylic acid groups (broad SMARTS) is 1. The van der Waals surface area contributed by atoms with Crippen LogP contribution in [-0.2, 0) is 11.2 Å². The highest BCUT2D eigenvalue weighted by atomic mass is 35.5. The highest BCUT2D eigenvalue weighted by molar-refractivity contribution is 7.99. The monoisotopic (exact) mass is 492 g/mol. The van der Waals surface area contributed by atoms with Crippen LogP contribution in [-0.4, -0.2) is 70.8 Å². The lowest BCUT2D eigenvalue weighted by Gasteiger charge is -2.16. The van der Waals surface area contributed by atoms with Gasteiger partial charge in [-0.3, -0.25) is 4.79 Å². The molecule has 1 saturated carbocycles. The average molecular weight is 493 g/mol. The minimum absolute atomic E-state index is 0.0247. The topological polar surface area (TPSA) is 146 Å². The standard InChI is InChI=1S/C21H25ClN6O4S/c1-2-9-33-21-24-18(23-8-7-11-3-5-12(22)6-4-11)15-19(25-21)28(27-26-15)14-10-13(20(31)32)16(29)17(14)30/h3-6,13-14,16-17,29-30H,2,7-10H2,1H3,(H,31,32)(H,23,24,25). The molecule has 1 aliphatic rings. The summed E-state index contributed by atoms with van der Waals surface area (Å²) in [6, 6.07) is 6.85. The van der Waals surface area contributed by atoms with Gasteiger partial charge in [0.05, 0.1) is 18.1 Å². The Morgan fingerprint density at radius 1 is 1.24 bits per heavy atom. The fourth-order valence-electron chi connectivity index (χ4n) is 3.89. The molecule has 0 spiro atoms. The van der Waals surface area contributed by atoms with Crippen LogP contribution in [0.15, 0.2) is 29.4 Å². The van der Waals surface area contributed by atoms with Gasteiger partial charge in [-0.1, -0.05) is 47.6 Å². The van der Waals surface area contributed by atoms with Crippen LogP contribution < -0.4 is 5.32 Å². The van der Waals surface area contributed by atoms with Gasteiger partial charge in [0.25, 0.3) is 0 Å². The minimum Gasteiger partial charge on any atom is -0.481 e. The zero-order valence-corrected chi connectivity index (χ0v) is 19.5. The molecule has 2 aromatic heterocycles. The molecule has 4 rings (SSSR count). The summed E-state index contributed by atoms with van der Waals surface area (Å²) in [5.74, 6) is -0.908. The van der Waals surface area contributed by atoms with Gasteiger partial charge in [-0.25, -0.2) is 14.6 Å². The second kappa shape index (κ2) is 10.2. The summed E-state index contributed by atoms with van der Waals surface area (Å²) in [6.07, 6.45) is -0.978. The molecule has 4 unspecified atom stereocenters. The van der Waals surface area contributed by atoms with Gasteiger partial charge in [-0.15, -0.1) is 5.10 Å². The zero-order valence-electron chi connectivity index (χ0n) is 17.9. The van der Waals surface area contributed by atoms with Crippen molar-refractivity contribution in [1.29, 1.82) is 0 Å². The molecule has 176 valence electrons. The number of nitrogens with zero attached hydrogens (tertiary/aromatic N) is 5. The van der Waals surface area contributed by atoms with E-state index in [-0.39, 0.29) is 6.42 Å². The molecule has 0 amide bonds. The fraction of sp³-hybridized carbons (Fsp3) is 0.476. The molecule has 1 aromatic carbocycles. The Bertz CT molecular complexity index is 1130. The number of halogens is 1. The number of carbonyl (C=O) groups is 1. The third kappa shape index (κ3) is 5.06. The van der Waals surface area contributed by atoms with Gasteiger partial charge in [-0.2, -0.15) is 0 Å². The summed E-state index contributed by atoms with van der Waals surface area (Å²) in [4.78, 5) is 20.6. The average Bonchev–Trinajstić information content (AvgIpc) is 3.34. The van der Waals surface area contributed by atoms with Gasteiger partial charge in [-0.05, 0) is 37.0 Å². The second-order valence-corrected chi connectivity index (χ2v) is 9.44. The predicted molar refractivity (Wildman–Crippen MR) is 125 cm³/mol. The SMILES string of the molecule is CCCSc1nc(NCCc2ccc(Cl)cc2)c2nnn(C3CC(C(=O)O)C(O)C3O)c2n1. The molecule has 4 atom stereocenters. The number of aliphatic hydroxyl groups is 2. The Morgan fingerprint density at radius 3 is 2.67 bits per heavy atom. The Balaban J connectivity index is 1.62. The molecule has 0 aliphatic heterocycles. The van der Waals surface area contributed by atoms with Crippen molar-refractivity contribution in [1.82, 2.24) is 25.0 Å². The van der Waals surface area contributed by atoms with E-state index in [1.54, 1.807) is 0 Å². The van der Waals surface area contributed by atoms with E-state index in [1.807, 2.05) is 24.3 Å². The number of hydrogen-bond donors (Lipinski definition) is 4. The first-order chi connectivity index (χ1) is 15.9. The number of thioether (sulfide) groups is 1. The first-order valence-corrected chi connectivity index (χ1v) is 12.1. The van der Waals surface area contributed by atoms with Crippen molar-refractivity contribution < 1.29 is 20.1 Å². The molecule has 2 heterocycles. The van der Waals surface area contributed by atoms with Crippen molar-refractivity contribution in [3.63, 3.8) is 0 Å². The van der Waals surface area contributed by atoms with Crippen molar-refractivity contribution in [3.8, 4) is 0 Å². The number of anilines is 1. The van der Waals surface area contributed by atoms with E-state index in [9.17, 15) is 20.1 Å². The van der Waals surface area contributed by atoms with Crippen LogP contribution in [0.4, 0.5) is 5.82 Å². The van der Waals surface area contributed by atoms with E-state index in [4.69, 9.17) is 11.6 Å². The maximum atomic E-state index is 11.5. The van der Waals surface area contributed by atoms with Crippen LogP contribution in [0.1, 0.15) is 31.4 Å². The lowest BCUT2D eigenvalue weighted by Crippen LogP contribution is -2.32. The summed E-state index contributed by atoms with van der Waals surface area (Å²) in [7, 11) is 0. The van der Waals surface area contributed by atoms with Crippen LogP contribution in [0.25, 0.3) is 11.2 Å². The largest absolute Gasteiger partial charge is 0.481 e. The third-order valence-electron chi connectivity index (χ3n) is 5.64. The Kier molecular flexibility index (Phi) is 7.32. The Labute approximate surface area is 199 Å². The normalized spacial score (nSPS) is 22.7. The van der Waals surface area contributed by atoms with E-state index >= 15 is 0 Å². The Hall–Kier alpha value is -2.47. The molecule has 1 fully saturated rings. The molecule has 3 aromatic rings. The molecular weight excluding hydrogens is 468 g/mol. The number of benzene rings is 1. The van der Waals surface area contributed by atoms with Crippen LogP contribution in [0.5, 0.6) is 0 Å². The molecule has 10 nitrogen and oxygen atoms in total. The van der Waals surface area contributed by atoms with E-state index in [0.29, 0.717) is 33.7 Å². The van der Waals surface area contributed by atoms with Gasteiger partial charge in [0.15, 0.2) is 22.1 Å². The van der Waals surface area contributed by atoms with E-state index in [0.717, 1.165) is 24.2 Å². The zero-order chi connectivity index (χ0) is 23.5. The molecule has 0 bridgehead atoms. The number of nitrogens with one attached hydrogen (secondary N) is 1. The number of aliphatic hydroxyl groups excluding tert-OH is 2. The van der Waals surface area contributed by atoms with Gasteiger partial charge in [0.1, 0.15) is 6.10 Å². The lowest BCUT2D eigenvalue weighted by atomic mass is 10.1. The van der Waals surface area contributed by atoms with Crippen LogP contribution >= 0.6 is 23.4 Å². The number of fused-ring (bicyclic) bond motifs is 1. The van der Waals surface area contributed by atoms with E-state index < -0.39 is 30.1 Å². The summed E-state index contributed by atoms with van der Waals surface area (Å²) >= 11 is 7.44. The Morgan fingerprint density at radius 2 is 2.00 bits per heavy atom. The van der Waals surface area contributed by atoms with E-state index in [2.05, 4.69) is 32.5 Å². The number of carboxylic acids is 1. The fourth-order valence-corrected chi connectivity index (χ4v) is 4.71. The van der Waals surface area contributed by atoms with E-state index in [1.165, 1.54) is 16.4 Å².